The topological polar surface area (TPSA) is 62.8 Å². The fraction of sp³-hybridized carbons (Fsp3) is 0.526. The Balaban J connectivity index is 1.65. The van der Waals surface area contributed by atoms with E-state index in [9.17, 15) is 4.79 Å². The van der Waals surface area contributed by atoms with Gasteiger partial charge in [-0.25, -0.2) is 0 Å². The second-order valence-electron chi connectivity index (χ2n) is 6.75. The maximum absolute atomic E-state index is 12.2. The molecule has 2 aliphatic rings. The van der Waals surface area contributed by atoms with Gasteiger partial charge in [-0.05, 0) is 30.5 Å². The maximum atomic E-state index is 12.2. The van der Waals surface area contributed by atoms with E-state index in [-0.39, 0.29) is 5.91 Å². The van der Waals surface area contributed by atoms with Crippen molar-refractivity contribution in [2.45, 2.75) is 24.9 Å². The Morgan fingerprint density at radius 2 is 2.12 bits per heavy atom. The molecule has 0 radical (unpaired) electrons. The van der Waals surface area contributed by atoms with Crippen LogP contribution in [-0.4, -0.2) is 56.2 Å². The van der Waals surface area contributed by atoms with Crippen LogP contribution in [0.4, 0.5) is 0 Å². The standard InChI is InChI=1S/C19H26ClN3O3/c1-3-10-26-17-15(20)11-14(12-16(17)25-2)13-23-8-4-19(5-9-23)18(24)21-6-7-22-19/h3,11-12,22H,1,4-10,13H2,2H3,(H,21,24). The third-order valence-electron chi connectivity index (χ3n) is 5.06. The summed E-state index contributed by atoms with van der Waals surface area (Å²) in [4.78, 5) is 14.6. The summed E-state index contributed by atoms with van der Waals surface area (Å²) in [6.45, 7) is 8.04. The minimum Gasteiger partial charge on any atom is -0.493 e. The minimum atomic E-state index is -0.396. The highest BCUT2D eigenvalue weighted by Gasteiger charge is 2.42. The third-order valence-corrected chi connectivity index (χ3v) is 5.34. The molecule has 1 aromatic rings. The summed E-state index contributed by atoms with van der Waals surface area (Å²) in [5, 5.41) is 6.93. The van der Waals surface area contributed by atoms with E-state index >= 15 is 0 Å². The van der Waals surface area contributed by atoms with Crippen molar-refractivity contribution in [2.75, 3.05) is 39.9 Å². The number of piperidine rings is 1. The number of piperazine rings is 1. The van der Waals surface area contributed by atoms with Gasteiger partial charge in [-0.2, -0.15) is 0 Å². The molecule has 0 bridgehead atoms. The van der Waals surface area contributed by atoms with Gasteiger partial charge in [0.25, 0.3) is 0 Å². The van der Waals surface area contributed by atoms with Crippen molar-refractivity contribution in [3.05, 3.63) is 35.4 Å². The molecule has 0 aliphatic carbocycles. The van der Waals surface area contributed by atoms with Crippen molar-refractivity contribution in [3.63, 3.8) is 0 Å². The van der Waals surface area contributed by atoms with E-state index in [1.54, 1.807) is 13.2 Å². The van der Waals surface area contributed by atoms with Crippen LogP contribution >= 0.6 is 11.6 Å². The Hall–Kier alpha value is -1.76. The number of carbonyl (C=O) groups is 1. The van der Waals surface area contributed by atoms with Gasteiger partial charge >= 0.3 is 0 Å². The Bertz CT molecular complexity index is 672. The Morgan fingerprint density at radius 1 is 1.35 bits per heavy atom. The van der Waals surface area contributed by atoms with E-state index < -0.39 is 5.54 Å². The fourth-order valence-electron chi connectivity index (χ4n) is 3.63. The Kier molecular flexibility index (Phi) is 6.06. The molecular formula is C19H26ClN3O3. The van der Waals surface area contributed by atoms with Gasteiger partial charge in [-0.1, -0.05) is 24.3 Å². The number of likely N-dealkylation sites (tertiary alicyclic amines) is 1. The summed E-state index contributed by atoms with van der Waals surface area (Å²) in [7, 11) is 1.61. The first-order chi connectivity index (χ1) is 12.6. The van der Waals surface area contributed by atoms with Crippen LogP contribution in [0.5, 0.6) is 11.5 Å². The van der Waals surface area contributed by atoms with Crippen LogP contribution in [0, 0.1) is 0 Å². The van der Waals surface area contributed by atoms with E-state index in [2.05, 4.69) is 22.1 Å². The van der Waals surface area contributed by atoms with Gasteiger partial charge in [-0.3, -0.25) is 9.69 Å². The number of hydrogen-bond donors (Lipinski definition) is 2. The van der Waals surface area contributed by atoms with Crippen molar-refractivity contribution >= 4 is 17.5 Å². The molecule has 3 rings (SSSR count). The largest absolute Gasteiger partial charge is 0.493 e. The number of nitrogens with one attached hydrogen (secondary N) is 2. The second kappa shape index (κ2) is 8.29. The Morgan fingerprint density at radius 3 is 2.77 bits per heavy atom. The van der Waals surface area contributed by atoms with E-state index in [4.69, 9.17) is 21.1 Å². The SMILES string of the molecule is C=CCOc1c(Cl)cc(CN2CCC3(CC2)NCCNC3=O)cc1OC. The third kappa shape index (κ3) is 3.98. The number of nitrogens with zero attached hydrogens (tertiary/aromatic N) is 1. The number of amides is 1. The van der Waals surface area contributed by atoms with Crippen LogP contribution in [-0.2, 0) is 11.3 Å². The summed E-state index contributed by atoms with van der Waals surface area (Å²) in [5.41, 5.74) is 0.668. The minimum absolute atomic E-state index is 0.136. The van der Waals surface area contributed by atoms with E-state index in [0.29, 0.717) is 29.7 Å². The van der Waals surface area contributed by atoms with Crippen LogP contribution in [0.15, 0.2) is 24.8 Å². The summed E-state index contributed by atoms with van der Waals surface area (Å²) in [5.74, 6) is 1.30. The number of ether oxygens (including phenoxy) is 2. The quantitative estimate of drug-likeness (QED) is 0.740. The maximum Gasteiger partial charge on any atom is 0.240 e. The molecule has 7 heteroatoms. The predicted octanol–water partition coefficient (Wildman–Crippen LogP) is 1.97. The van der Waals surface area contributed by atoms with E-state index in [0.717, 1.165) is 44.6 Å². The molecule has 6 nitrogen and oxygen atoms in total. The average Bonchev–Trinajstić information content (AvgIpc) is 2.65. The number of halogens is 1. The predicted molar refractivity (Wildman–Crippen MR) is 102 cm³/mol. The lowest BCUT2D eigenvalue weighted by molar-refractivity contribution is -0.131. The van der Waals surface area contributed by atoms with Crippen LogP contribution in [0.2, 0.25) is 5.02 Å². The highest BCUT2D eigenvalue weighted by atomic mass is 35.5. The van der Waals surface area contributed by atoms with E-state index in [1.165, 1.54) is 0 Å². The number of carbonyl (C=O) groups excluding carboxylic acids is 1. The number of benzene rings is 1. The molecule has 2 N–H and O–H groups in total. The number of hydrogen-bond acceptors (Lipinski definition) is 5. The van der Waals surface area contributed by atoms with Gasteiger partial charge in [-0.15, -0.1) is 0 Å². The molecule has 1 aromatic carbocycles. The zero-order valence-electron chi connectivity index (χ0n) is 15.1. The summed E-state index contributed by atoms with van der Waals surface area (Å²) >= 11 is 6.38. The normalized spacial score (nSPS) is 19.8. The average molecular weight is 380 g/mol. The molecule has 0 saturated carbocycles. The lowest BCUT2D eigenvalue weighted by Crippen LogP contribution is -2.66. The molecule has 2 saturated heterocycles. The lowest BCUT2D eigenvalue weighted by atomic mass is 9.85. The molecule has 1 spiro atoms. The highest BCUT2D eigenvalue weighted by molar-refractivity contribution is 6.32. The zero-order chi connectivity index (χ0) is 18.6. The molecule has 1 amide bonds. The van der Waals surface area contributed by atoms with Gasteiger partial charge in [0.1, 0.15) is 12.1 Å². The fourth-order valence-corrected chi connectivity index (χ4v) is 3.92. The first-order valence-corrected chi connectivity index (χ1v) is 9.31. The summed E-state index contributed by atoms with van der Waals surface area (Å²) < 4.78 is 11.0. The van der Waals surface area contributed by atoms with E-state index in [1.807, 2.05) is 12.1 Å². The highest BCUT2D eigenvalue weighted by Crippen LogP contribution is 2.37. The van der Waals surface area contributed by atoms with Crippen molar-refractivity contribution in [1.82, 2.24) is 15.5 Å². The van der Waals surface area contributed by atoms with Crippen molar-refractivity contribution in [2.24, 2.45) is 0 Å². The van der Waals surface area contributed by atoms with Crippen molar-refractivity contribution in [1.29, 1.82) is 0 Å². The molecule has 2 aliphatic heterocycles. The van der Waals surface area contributed by atoms with Crippen molar-refractivity contribution < 1.29 is 14.3 Å². The van der Waals surface area contributed by atoms with Gasteiger partial charge in [0, 0.05) is 32.7 Å². The second-order valence-corrected chi connectivity index (χ2v) is 7.16. The molecule has 26 heavy (non-hydrogen) atoms. The first kappa shape index (κ1) is 19.0. The van der Waals surface area contributed by atoms with Crippen LogP contribution < -0.4 is 20.1 Å². The van der Waals surface area contributed by atoms with Gasteiger partial charge in [0.05, 0.1) is 12.1 Å². The molecule has 142 valence electrons. The number of rotatable bonds is 6. The molecule has 0 unspecified atom stereocenters. The van der Waals surface area contributed by atoms with Crippen molar-refractivity contribution in [3.8, 4) is 11.5 Å². The van der Waals surface area contributed by atoms with Crippen LogP contribution in [0.3, 0.4) is 0 Å². The monoisotopic (exact) mass is 379 g/mol. The molecule has 2 fully saturated rings. The number of methoxy groups -OCH3 is 1. The van der Waals surface area contributed by atoms with Gasteiger partial charge in [0.15, 0.2) is 11.5 Å². The van der Waals surface area contributed by atoms with Gasteiger partial charge < -0.3 is 20.1 Å². The molecule has 2 heterocycles. The van der Waals surface area contributed by atoms with Gasteiger partial charge in [0.2, 0.25) is 5.91 Å². The summed E-state index contributed by atoms with van der Waals surface area (Å²) in [6.07, 6.45) is 3.29. The lowest BCUT2D eigenvalue weighted by Gasteiger charge is -2.43. The van der Waals surface area contributed by atoms with Crippen LogP contribution in [0.1, 0.15) is 18.4 Å². The molecular weight excluding hydrogens is 354 g/mol. The zero-order valence-corrected chi connectivity index (χ0v) is 15.9. The Labute approximate surface area is 159 Å². The molecule has 0 atom stereocenters. The first-order valence-electron chi connectivity index (χ1n) is 8.94. The van der Waals surface area contributed by atoms with Crippen LogP contribution in [0.25, 0.3) is 0 Å². The smallest absolute Gasteiger partial charge is 0.240 e. The molecule has 0 aromatic heterocycles. The summed E-state index contributed by atoms with van der Waals surface area (Å²) in [6, 6.07) is 3.87.